The van der Waals surface area contributed by atoms with E-state index in [9.17, 15) is 23.3 Å². The summed E-state index contributed by atoms with van der Waals surface area (Å²) >= 11 is 0. The molecule has 2 rings (SSSR count). The molecule has 0 saturated heterocycles. The van der Waals surface area contributed by atoms with Crippen LogP contribution in [0.4, 0.5) is 5.69 Å². The van der Waals surface area contributed by atoms with E-state index >= 15 is 0 Å². The molecule has 0 aliphatic heterocycles. The highest BCUT2D eigenvalue weighted by Gasteiger charge is 2.31. The lowest BCUT2D eigenvalue weighted by Crippen LogP contribution is -2.47. The summed E-state index contributed by atoms with van der Waals surface area (Å²) in [6.07, 6.45) is 1.09. The zero-order chi connectivity index (χ0) is 21.7. The third-order valence-electron chi connectivity index (χ3n) is 3.79. The maximum Gasteiger partial charge on any atom is 0.269 e. The molecule has 0 radical (unpaired) electrons. The summed E-state index contributed by atoms with van der Waals surface area (Å²) in [5.41, 5.74) is -1.36. The van der Waals surface area contributed by atoms with Gasteiger partial charge in [-0.25, -0.2) is 8.42 Å². The van der Waals surface area contributed by atoms with Crippen molar-refractivity contribution in [1.29, 1.82) is 0 Å². The normalized spacial score (nSPS) is 11.6. The van der Waals surface area contributed by atoms with E-state index in [2.05, 4.69) is 5.32 Å². The molecule has 2 aromatic rings. The molecule has 0 spiro atoms. The van der Waals surface area contributed by atoms with Gasteiger partial charge in [-0.1, -0.05) is 12.1 Å². The van der Waals surface area contributed by atoms with Crippen molar-refractivity contribution in [3.63, 3.8) is 0 Å². The number of carbonyl (C=O) groups excluding carboxylic acids is 1. The molecule has 0 aromatic heterocycles. The van der Waals surface area contributed by atoms with E-state index in [-0.39, 0.29) is 23.7 Å². The van der Waals surface area contributed by atoms with E-state index in [1.165, 1.54) is 24.3 Å². The average Bonchev–Trinajstić information content (AvgIpc) is 2.62. The zero-order valence-corrected chi connectivity index (χ0v) is 17.1. The van der Waals surface area contributed by atoms with Crippen LogP contribution in [0.2, 0.25) is 0 Å². The third kappa shape index (κ3) is 6.75. The Bertz CT molecular complexity index is 986. The summed E-state index contributed by atoms with van der Waals surface area (Å²) in [5.74, 6) is 0.315. The predicted octanol–water partition coefficient (Wildman–Crippen LogP) is 2.71. The Kier molecular flexibility index (Phi) is 6.80. The van der Waals surface area contributed by atoms with Gasteiger partial charge in [0.15, 0.2) is 17.1 Å². The van der Waals surface area contributed by atoms with Crippen LogP contribution in [0.1, 0.15) is 13.8 Å². The van der Waals surface area contributed by atoms with E-state index < -0.39 is 26.3 Å². The van der Waals surface area contributed by atoms with Crippen molar-refractivity contribution >= 4 is 21.4 Å². The Balaban J connectivity index is 2.10. The number of benzene rings is 2. The minimum absolute atomic E-state index is 0.0224. The minimum atomic E-state index is -3.19. The fraction of sp³-hybridized carbons (Fsp3) is 0.316. The molecule has 0 saturated carbocycles. The molecule has 0 aliphatic rings. The Morgan fingerprint density at radius 1 is 1.10 bits per heavy atom. The predicted molar refractivity (Wildman–Crippen MR) is 107 cm³/mol. The van der Waals surface area contributed by atoms with E-state index in [1.54, 1.807) is 38.1 Å². The summed E-state index contributed by atoms with van der Waals surface area (Å²) in [4.78, 5) is 22.6. The van der Waals surface area contributed by atoms with Crippen molar-refractivity contribution in [2.75, 3.05) is 18.6 Å². The van der Waals surface area contributed by atoms with Gasteiger partial charge in [0, 0.05) is 24.9 Å². The number of non-ortho nitro benzene ring substituents is 1. The highest BCUT2D eigenvalue weighted by atomic mass is 32.2. The van der Waals surface area contributed by atoms with Gasteiger partial charge in [0.1, 0.15) is 15.6 Å². The number of nitrogens with one attached hydrogen (secondary N) is 1. The number of amides is 1. The number of sulfone groups is 1. The third-order valence-corrected chi connectivity index (χ3v) is 4.74. The van der Waals surface area contributed by atoms with E-state index in [1.807, 2.05) is 0 Å². The number of carbonyl (C=O) groups is 1. The zero-order valence-electron chi connectivity index (χ0n) is 16.2. The van der Waals surface area contributed by atoms with Gasteiger partial charge < -0.3 is 14.8 Å². The van der Waals surface area contributed by atoms with Crippen LogP contribution in [-0.4, -0.2) is 43.4 Å². The number of nitrogens with zero attached hydrogens (tertiary/aromatic N) is 1. The van der Waals surface area contributed by atoms with Gasteiger partial charge in [-0.05, 0) is 38.1 Å². The average molecular weight is 422 g/mol. The first kappa shape index (κ1) is 22.2. The lowest BCUT2D eigenvalue weighted by molar-refractivity contribution is -0.384. The molecular formula is C19H22N2O7S. The Hall–Kier alpha value is -3.14. The molecule has 1 N–H and O–H groups in total. The van der Waals surface area contributed by atoms with Gasteiger partial charge >= 0.3 is 0 Å². The minimum Gasteiger partial charge on any atom is -0.474 e. The van der Waals surface area contributed by atoms with E-state index in [0.717, 1.165) is 6.26 Å². The molecule has 2 aromatic carbocycles. The summed E-state index contributed by atoms with van der Waals surface area (Å²) in [7, 11) is -3.19. The standard InChI is InChI=1S/C19H22N2O7S/c1-19(2,18(22)20-12-13-29(3,25)26)28-17-7-5-4-6-16(17)27-15-10-8-14(9-11-15)21(23)24/h4-11H,12-13H2,1-3H3,(H,20,22). The summed E-state index contributed by atoms with van der Waals surface area (Å²) < 4.78 is 33.9. The lowest BCUT2D eigenvalue weighted by atomic mass is 10.1. The number of hydrogen-bond acceptors (Lipinski definition) is 7. The molecular weight excluding hydrogens is 400 g/mol. The largest absolute Gasteiger partial charge is 0.474 e. The van der Waals surface area contributed by atoms with Crippen LogP contribution >= 0.6 is 0 Å². The van der Waals surface area contributed by atoms with Crippen molar-refractivity contribution in [2.45, 2.75) is 19.4 Å². The number of rotatable bonds is 9. The number of hydrogen-bond donors (Lipinski definition) is 1. The van der Waals surface area contributed by atoms with Gasteiger partial charge in [0.25, 0.3) is 11.6 Å². The highest BCUT2D eigenvalue weighted by molar-refractivity contribution is 7.90. The van der Waals surface area contributed by atoms with Crippen LogP contribution < -0.4 is 14.8 Å². The molecule has 0 bridgehead atoms. The van der Waals surface area contributed by atoms with Gasteiger partial charge in [0.05, 0.1) is 10.7 Å². The summed E-state index contributed by atoms with van der Waals surface area (Å²) in [6.45, 7) is 3.07. The molecule has 1 amide bonds. The Morgan fingerprint density at radius 2 is 1.69 bits per heavy atom. The SMILES string of the molecule is CC(C)(Oc1ccccc1Oc1ccc([N+](=O)[O-])cc1)C(=O)NCCS(C)(=O)=O. The van der Waals surface area contributed by atoms with Crippen LogP contribution in [0.3, 0.4) is 0 Å². The molecule has 0 fully saturated rings. The van der Waals surface area contributed by atoms with Gasteiger partial charge in [-0.2, -0.15) is 0 Å². The molecule has 29 heavy (non-hydrogen) atoms. The Morgan fingerprint density at radius 3 is 2.24 bits per heavy atom. The van der Waals surface area contributed by atoms with E-state index in [0.29, 0.717) is 11.5 Å². The van der Waals surface area contributed by atoms with Crippen LogP contribution in [0.15, 0.2) is 48.5 Å². The van der Waals surface area contributed by atoms with Crippen molar-refractivity contribution < 1.29 is 27.6 Å². The Labute approximate surface area is 168 Å². The number of nitro benzene ring substituents is 1. The topological polar surface area (TPSA) is 125 Å². The van der Waals surface area contributed by atoms with Crippen LogP contribution in [0, 0.1) is 10.1 Å². The van der Waals surface area contributed by atoms with Crippen molar-refractivity contribution in [3.8, 4) is 17.2 Å². The molecule has 9 nitrogen and oxygen atoms in total. The first-order chi connectivity index (χ1) is 13.5. The molecule has 156 valence electrons. The van der Waals surface area contributed by atoms with Crippen LogP contribution in [0.25, 0.3) is 0 Å². The summed E-state index contributed by atoms with van der Waals surface area (Å²) in [5, 5.41) is 13.3. The second kappa shape index (κ2) is 8.91. The van der Waals surface area contributed by atoms with Gasteiger partial charge in [-0.15, -0.1) is 0 Å². The highest BCUT2D eigenvalue weighted by Crippen LogP contribution is 2.34. The van der Waals surface area contributed by atoms with E-state index in [4.69, 9.17) is 9.47 Å². The molecule has 0 atom stereocenters. The van der Waals surface area contributed by atoms with Crippen molar-refractivity contribution in [1.82, 2.24) is 5.32 Å². The first-order valence-corrected chi connectivity index (χ1v) is 10.7. The van der Waals surface area contributed by atoms with Crippen molar-refractivity contribution in [3.05, 3.63) is 58.6 Å². The lowest BCUT2D eigenvalue weighted by Gasteiger charge is -2.26. The molecule has 0 aliphatic carbocycles. The van der Waals surface area contributed by atoms with Crippen LogP contribution in [0.5, 0.6) is 17.2 Å². The maximum absolute atomic E-state index is 12.4. The second-order valence-corrected chi connectivity index (χ2v) is 9.06. The van der Waals surface area contributed by atoms with Crippen LogP contribution in [-0.2, 0) is 14.6 Å². The quantitative estimate of drug-likeness (QED) is 0.486. The van der Waals surface area contributed by atoms with Crippen molar-refractivity contribution in [2.24, 2.45) is 0 Å². The molecule has 0 heterocycles. The second-order valence-electron chi connectivity index (χ2n) is 6.80. The molecule has 10 heteroatoms. The summed E-state index contributed by atoms with van der Waals surface area (Å²) in [6, 6.07) is 12.2. The monoisotopic (exact) mass is 422 g/mol. The fourth-order valence-corrected chi connectivity index (χ4v) is 2.74. The van der Waals surface area contributed by atoms with Gasteiger partial charge in [0.2, 0.25) is 0 Å². The number of nitro groups is 1. The first-order valence-electron chi connectivity index (χ1n) is 8.64. The smallest absolute Gasteiger partial charge is 0.269 e. The number of para-hydroxylation sites is 2. The number of ether oxygens (including phenoxy) is 2. The maximum atomic E-state index is 12.4. The van der Waals surface area contributed by atoms with Gasteiger partial charge in [-0.3, -0.25) is 14.9 Å². The molecule has 0 unspecified atom stereocenters. The fourth-order valence-electron chi connectivity index (χ4n) is 2.27.